The molecule has 0 aliphatic carbocycles. The summed E-state index contributed by atoms with van der Waals surface area (Å²) in [7, 11) is -3.54. The number of rotatable bonds is 4. The lowest BCUT2D eigenvalue weighted by Crippen LogP contribution is -2.13. The zero-order valence-electron chi connectivity index (χ0n) is 12.2. The fraction of sp³-hybridized carbons (Fsp3) is 0.250. The van der Waals surface area contributed by atoms with E-state index in [1.165, 1.54) is 0 Å². The molecule has 112 valence electrons. The molecule has 0 unspecified atom stereocenters. The summed E-state index contributed by atoms with van der Waals surface area (Å²) in [5.41, 5.74) is 2.65. The molecule has 0 heterocycles. The van der Waals surface area contributed by atoms with Crippen LogP contribution < -0.4 is 4.72 Å². The van der Waals surface area contributed by atoms with Crippen LogP contribution in [0.5, 0.6) is 0 Å². The van der Waals surface area contributed by atoms with E-state index in [1.54, 1.807) is 18.2 Å². The molecule has 2 aromatic carbocycles. The first-order valence-corrected chi connectivity index (χ1v) is 9.25. The summed E-state index contributed by atoms with van der Waals surface area (Å²) in [5.74, 6) is 0.383. The molecule has 0 saturated heterocycles. The van der Waals surface area contributed by atoms with E-state index in [9.17, 15) is 8.42 Å². The van der Waals surface area contributed by atoms with Gasteiger partial charge in [0.25, 0.3) is 10.0 Å². The van der Waals surface area contributed by atoms with Gasteiger partial charge in [0.2, 0.25) is 0 Å². The third-order valence-corrected chi connectivity index (χ3v) is 5.34. The van der Waals surface area contributed by atoms with E-state index in [4.69, 9.17) is 0 Å². The lowest BCUT2D eigenvalue weighted by molar-refractivity contribution is 0.601. The molecule has 0 amide bonds. The maximum atomic E-state index is 12.4. The number of nitrogens with one attached hydrogen (secondary N) is 1. The van der Waals surface area contributed by atoms with E-state index in [0.29, 0.717) is 11.6 Å². The minimum absolute atomic E-state index is 0.282. The molecule has 0 aliphatic rings. The highest BCUT2D eigenvalue weighted by Gasteiger charge is 2.15. The first-order valence-electron chi connectivity index (χ1n) is 6.68. The second-order valence-electron chi connectivity index (χ2n) is 5.29. The Morgan fingerprint density at radius 3 is 2.19 bits per heavy atom. The van der Waals surface area contributed by atoms with Gasteiger partial charge in [-0.3, -0.25) is 4.72 Å². The molecule has 0 saturated carbocycles. The minimum atomic E-state index is -3.54. The van der Waals surface area contributed by atoms with Crippen molar-refractivity contribution in [2.45, 2.75) is 31.6 Å². The molecule has 0 atom stereocenters. The first kappa shape index (κ1) is 16.3. The van der Waals surface area contributed by atoms with Gasteiger partial charge >= 0.3 is 0 Å². The van der Waals surface area contributed by atoms with Crippen molar-refractivity contribution < 1.29 is 8.42 Å². The first-order chi connectivity index (χ1) is 9.79. The Hall–Kier alpha value is -1.08. The summed E-state index contributed by atoms with van der Waals surface area (Å²) in [4.78, 5) is 0.282. The van der Waals surface area contributed by atoms with E-state index in [0.717, 1.165) is 14.7 Å². The van der Waals surface area contributed by atoms with Crippen molar-refractivity contribution in [1.82, 2.24) is 0 Å². The lowest BCUT2D eigenvalue weighted by Gasteiger charge is -2.12. The van der Waals surface area contributed by atoms with Crippen molar-refractivity contribution in [1.29, 1.82) is 0 Å². The molecule has 0 aliphatic heterocycles. The van der Waals surface area contributed by atoms with E-state index >= 15 is 0 Å². The average Bonchev–Trinajstić information content (AvgIpc) is 2.42. The Bertz CT molecular complexity index is 737. The van der Waals surface area contributed by atoms with Crippen LogP contribution in [-0.4, -0.2) is 8.42 Å². The minimum Gasteiger partial charge on any atom is -0.279 e. The van der Waals surface area contributed by atoms with Gasteiger partial charge in [-0.2, -0.15) is 0 Å². The SMILES string of the molecule is Cc1cc(I)ccc1NS(=O)(=O)c1ccc(C(C)C)cc1. The molecule has 0 spiro atoms. The highest BCUT2D eigenvalue weighted by atomic mass is 127. The Kier molecular flexibility index (Phi) is 4.93. The van der Waals surface area contributed by atoms with Crippen LogP contribution >= 0.6 is 22.6 Å². The highest BCUT2D eigenvalue weighted by Crippen LogP contribution is 2.23. The fourth-order valence-electron chi connectivity index (χ4n) is 1.98. The Labute approximate surface area is 140 Å². The predicted molar refractivity (Wildman–Crippen MR) is 95.2 cm³/mol. The average molecular weight is 415 g/mol. The van der Waals surface area contributed by atoms with Gasteiger partial charge in [-0.15, -0.1) is 0 Å². The molecule has 0 radical (unpaired) electrons. The molecular formula is C16H18INO2S. The van der Waals surface area contributed by atoms with Crippen molar-refractivity contribution in [2.75, 3.05) is 4.72 Å². The van der Waals surface area contributed by atoms with E-state index in [2.05, 4.69) is 41.2 Å². The fourth-order valence-corrected chi connectivity index (χ4v) is 3.75. The van der Waals surface area contributed by atoms with Crippen molar-refractivity contribution in [2.24, 2.45) is 0 Å². The maximum Gasteiger partial charge on any atom is 0.261 e. The van der Waals surface area contributed by atoms with Gasteiger partial charge in [0.05, 0.1) is 10.6 Å². The quantitative estimate of drug-likeness (QED) is 0.747. The van der Waals surface area contributed by atoms with Crippen LogP contribution in [0.2, 0.25) is 0 Å². The van der Waals surface area contributed by atoms with Crippen LogP contribution in [0.25, 0.3) is 0 Å². The van der Waals surface area contributed by atoms with E-state index in [1.807, 2.05) is 31.2 Å². The predicted octanol–water partition coefficient (Wildman–Crippen LogP) is 4.52. The van der Waals surface area contributed by atoms with Crippen molar-refractivity contribution in [3.05, 3.63) is 57.2 Å². The van der Waals surface area contributed by atoms with Crippen molar-refractivity contribution >= 4 is 38.3 Å². The molecule has 21 heavy (non-hydrogen) atoms. The normalized spacial score (nSPS) is 11.7. The van der Waals surface area contributed by atoms with Crippen LogP contribution in [-0.2, 0) is 10.0 Å². The Balaban J connectivity index is 2.29. The Morgan fingerprint density at radius 2 is 1.67 bits per heavy atom. The second kappa shape index (κ2) is 6.36. The molecule has 0 aromatic heterocycles. The molecule has 2 rings (SSSR count). The smallest absolute Gasteiger partial charge is 0.261 e. The topological polar surface area (TPSA) is 46.2 Å². The second-order valence-corrected chi connectivity index (χ2v) is 8.22. The van der Waals surface area contributed by atoms with Crippen LogP contribution in [0.15, 0.2) is 47.4 Å². The summed E-state index contributed by atoms with van der Waals surface area (Å²) in [6.07, 6.45) is 0. The zero-order chi connectivity index (χ0) is 15.6. The maximum absolute atomic E-state index is 12.4. The third-order valence-electron chi connectivity index (χ3n) is 3.29. The summed E-state index contributed by atoms with van der Waals surface area (Å²) in [6.45, 7) is 6.05. The van der Waals surface area contributed by atoms with Crippen LogP contribution in [0.4, 0.5) is 5.69 Å². The lowest BCUT2D eigenvalue weighted by atomic mass is 10.0. The van der Waals surface area contributed by atoms with Gasteiger partial charge in [0.1, 0.15) is 0 Å². The number of anilines is 1. The monoisotopic (exact) mass is 415 g/mol. The van der Waals surface area contributed by atoms with Gasteiger partial charge in [-0.25, -0.2) is 8.42 Å². The number of hydrogen-bond donors (Lipinski definition) is 1. The van der Waals surface area contributed by atoms with Crippen LogP contribution in [0, 0.1) is 10.5 Å². The van der Waals surface area contributed by atoms with E-state index < -0.39 is 10.0 Å². The summed E-state index contributed by atoms with van der Waals surface area (Å²) >= 11 is 2.20. The van der Waals surface area contributed by atoms with Gasteiger partial charge in [-0.05, 0) is 76.9 Å². The standard InChI is InChI=1S/C16H18INO2S/c1-11(2)13-4-7-15(8-5-13)21(19,20)18-16-9-6-14(17)10-12(16)3/h4-11,18H,1-3H3. The van der Waals surface area contributed by atoms with Gasteiger partial charge in [0.15, 0.2) is 0 Å². The van der Waals surface area contributed by atoms with E-state index in [-0.39, 0.29) is 4.90 Å². The third kappa shape index (κ3) is 3.97. The number of sulfonamides is 1. The molecule has 0 fully saturated rings. The number of halogens is 1. The number of benzene rings is 2. The van der Waals surface area contributed by atoms with Gasteiger partial charge in [0, 0.05) is 3.57 Å². The molecule has 5 heteroatoms. The highest BCUT2D eigenvalue weighted by molar-refractivity contribution is 14.1. The number of hydrogen-bond acceptors (Lipinski definition) is 2. The molecule has 0 bridgehead atoms. The number of aryl methyl sites for hydroxylation is 1. The van der Waals surface area contributed by atoms with Gasteiger partial charge < -0.3 is 0 Å². The molecule has 3 nitrogen and oxygen atoms in total. The summed E-state index contributed by atoms with van der Waals surface area (Å²) in [5, 5.41) is 0. The van der Waals surface area contributed by atoms with Crippen LogP contribution in [0.3, 0.4) is 0 Å². The zero-order valence-corrected chi connectivity index (χ0v) is 15.2. The van der Waals surface area contributed by atoms with Crippen molar-refractivity contribution in [3.8, 4) is 0 Å². The summed E-state index contributed by atoms with van der Waals surface area (Å²) < 4.78 is 28.5. The largest absolute Gasteiger partial charge is 0.279 e. The molecule has 2 aromatic rings. The van der Waals surface area contributed by atoms with Crippen molar-refractivity contribution in [3.63, 3.8) is 0 Å². The molecular weight excluding hydrogens is 397 g/mol. The van der Waals surface area contributed by atoms with Gasteiger partial charge in [-0.1, -0.05) is 26.0 Å². The molecule has 1 N–H and O–H groups in total. The summed E-state index contributed by atoms with van der Waals surface area (Å²) in [6, 6.07) is 12.6. The van der Waals surface area contributed by atoms with Crippen LogP contribution in [0.1, 0.15) is 30.9 Å². The Morgan fingerprint density at radius 1 is 1.05 bits per heavy atom.